The molecule has 1 aromatic carbocycles. The highest BCUT2D eigenvalue weighted by Gasteiger charge is 2.15. The zero-order chi connectivity index (χ0) is 20.2. The second-order valence-electron chi connectivity index (χ2n) is 5.75. The van der Waals surface area contributed by atoms with Gasteiger partial charge in [-0.15, -0.1) is 10.2 Å². The molecular weight excluding hydrogens is 374 g/mol. The van der Waals surface area contributed by atoms with Gasteiger partial charge in [0.05, 0.1) is 6.26 Å². The number of hydrogen-bond acceptors (Lipinski definition) is 7. The minimum Gasteiger partial charge on any atom is -0.384 e. The maximum Gasteiger partial charge on any atom is 0.298 e. The van der Waals surface area contributed by atoms with Crippen LogP contribution in [0.15, 0.2) is 29.1 Å². The van der Waals surface area contributed by atoms with Crippen molar-refractivity contribution in [1.82, 2.24) is 20.1 Å². The first-order chi connectivity index (χ1) is 12.6. The quantitative estimate of drug-likeness (QED) is 0.342. The molecule has 0 radical (unpaired) electrons. The monoisotopic (exact) mass is 393 g/mol. The highest BCUT2D eigenvalue weighted by Crippen LogP contribution is 2.04. The number of aryl methyl sites for hydroxylation is 1. The molecule has 0 saturated carbocycles. The Morgan fingerprint density at radius 3 is 2.44 bits per heavy atom. The Morgan fingerprint density at radius 1 is 1.26 bits per heavy atom. The predicted octanol–water partition coefficient (Wildman–Crippen LogP) is -1.08. The summed E-state index contributed by atoms with van der Waals surface area (Å²) in [6.07, 6.45) is 0.877. The summed E-state index contributed by atoms with van der Waals surface area (Å²) >= 11 is 0. The third kappa shape index (κ3) is 5.60. The van der Waals surface area contributed by atoms with E-state index >= 15 is 0 Å². The van der Waals surface area contributed by atoms with Crippen LogP contribution in [-0.4, -0.2) is 41.2 Å². The van der Waals surface area contributed by atoms with Gasteiger partial charge in [-0.3, -0.25) is 24.3 Å². The molecule has 0 spiro atoms. The van der Waals surface area contributed by atoms with Gasteiger partial charge in [-0.2, -0.15) is 0 Å². The fourth-order valence-corrected chi connectivity index (χ4v) is 2.60. The number of sulfonamides is 1. The molecule has 27 heavy (non-hydrogen) atoms. The van der Waals surface area contributed by atoms with Gasteiger partial charge in [-0.1, -0.05) is 24.3 Å². The van der Waals surface area contributed by atoms with Crippen LogP contribution in [0.3, 0.4) is 0 Å². The van der Waals surface area contributed by atoms with E-state index in [0.29, 0.717) is 5.56 Å². The lowest BCUT2D eigenvalue weighted by atomic mass is 10.1. The van der Waals surface area contributed by atoms with Crippen LogP contribution in [0.5, 0.6) is 0 Å². The van der Waals surface area contributed by atoms with E-state index in [1.54, 1.807) is 24.3 Å². The Balaban J connectivity index is 2.08. The van der Waals surface area contributed by atoms with Gasteiger partial charge in [0, 0.05) is 12.1 Å². The van der Waals surface area contributed by atoms with Crippen molar-refractivity contribution in [3.8, 4) is 0 Å². The second kappa shape index (κ2) is 7.95. The van der Waals surface area contributed by atoms with Gasteiger partial charge in [-0.05, 0) is 12.5 Å². The molecule has 2 aromatic rings. The van der Waals surface area contributed by atoms with Gasteiger partial charge in [-0.25, -0.2) is 8.42 Å². The van der Waals surface area contributed by atoms with Gasteiger partial charge < -0.3 is 11.1 Å². The molecule has 1 aromatic heterocycles. The number of hydrogen-bond donors (Lipinski definition) is 4. The lowest BCUT2D eigenvalue weighted by Crippen LogP contribution is -2.35. The van der Waals surface area contributed by atoms with Gasteiger partial charge in [0.15, 0.2) is 0 Å². The number of nitrogens with two attached hydrogens (primary N) is 1. The lowest BCUT2D eigenvalue weighted by Gasteiger charge is -2.11. The minimum atomic E-state index is -3.70. The van der Waals surface area contributed by atoms with Crippen molar-refractivity contribution in [2.45, 2.75) is 20.0 Å². The van der Waals surface area contributed by atoms with E-state index in [4.69, 9.17) is 11.1 Å². The smallest absolute Gasteiger partial charge is 0.298 e. The molecule has 1 heterocycles. The van der Waals surface area contributed by atoms with Crippen molar-refractivity contribution >= 4 is 27.6 Å². The number of nitrogen functional groups attached to an aromatic ring is 1. The predicted molar refractivity (Wildman–Crippen MR) is 98.8 cm³/mol. The van der Waals surface area contributed by atoms with Crippen molar-refractivity contribution in [3.05, 3.63) is 51.6 Å². The number of anilines is 1. The van der Waals surface area contributed by atoms with Crippen molar-refractivity contribution < 1.29 is 13.2 Å². The van der Waals surface area contributed by atoms with Crippen molar-refractivity contribution in [3.63, 3.8) is 0 Å². The maximum absolute atomic E-state index is 12.3. The average molecular weight is 393 g/mol. The first-order valence-electron chi connectivity index (χ1n) is 7.69. The molecular formula is C15H19N7O4S. The summed E-state index contributed by atoms with van der Waals surface area (Å²) in [6.45, 7) is 1.34. The molecule has 11 nitrogen and oxygen atoms in total. The summed E-state index contributed by atoms with van der Waals surface area (Å²) in [5.74, 6) is -0.825. The van der Waals surface area contributed by atoms with Crippen LogP contribution in [0.25, 0.3) is 0 Å². The molecule has 0 saturated heterocycles. The molecule has 0 aliphatic carbocycles. The molecule has 0 bridgehead atoms. The summed E-state index contributed by atoms with van der Waals surface area (Å²) in [5.41, 5.74) is 5.96. The Labute approximate surface area is 155 Å². The standard InChI is InChI=1S/C15H19N7O4S/c1-9-19-20-14(21-27(2,25)26)15(24)22(9)8-12(23)18-7-10-3-5-11(6-4-10)13(16)17/h3-6H,7-8H2,1-2H3,(H3,16,17)(H,18,23)(H,20,21). The van der Waals surface area contributed by atoms with Crippen LogP contribution < -0.4 is 21.3 Å². The third-order valence-electron chi connectivity index (χ3n) is 3.47. The Hall–Kier alpha value is -3.28. The van der Waals surface area contributed by atoms with Crippen LogP contribution in [-0.2, 0) is 27.9 Å². The van der Waals surface area contributed by atoms with Crippen LogP contribution in [0.2, 0.25) is 0 Å². The number of nitrogens with zero attached hydrogens (tertiary/aromatic N) is 3. The SMILES string of the molecule is Cc1nnc(NS(C)(=O)=O)c(=O)n1CC(=O)NCc1ccc(C(=N)N)cc1. The van der Waals surface area contributed by atoms with Crippen LogP contribution in [0.4, 0.5) is 5.82 Å². The molecule has 1 amide bonds. The Bertz CT molecular complexity index is 1030. The molecule has 12 heteroatoms. The average Bonchev–Trinajstić information content (AvgIpc) is 2.58. The highest BCUT2D eigenvalue weighted by atomic mass is 32.2. The molecule has 0 unspecified atom stereocenters. The molecule has 0 aliphatic rings. The number of carbonyl (C=O) groups excluding carboxylic acids is 1. The minimum absolute atomic E-state index is 0.0517. The van der Waals surface area contributed by atoms with E-state index in [9.17, 15) is 18.0 Å². The number of carbonyl (C=O) groups is 1. The summed E-state index contributed by atoms with van der Waals surface area (Å²) in [7, 11) is -3.70. The largest absolute Gasteiger partial charge is 0.384 e. The third-order valence-corrected chi connectivity index (χ3v) is 4.04. The number of nitrogens with one attached hydrogen (secondary N) is 3. The number of aromatic nitrogens is 3. The molecule has 144 valence electrons. The normalized spacial score (nSPS) is 11.0. The topological polar surface area (TPSA) is 173 Å². The summed E-state index contributed by atoms with van der Waals surface area (Å²) in [4.78, 5) is 24.5. The molecule has 5 N–H and O–H groups in total. The van der Waals surface area contributed by atoms with Crippen LogP contribution in [0, 0.1) is 12.3 Å². The van der Waals surface area contributed by atoms with E-state index in [1.807, 2.05) is 4.72 Å². The molecule has 0 fully saturated rings. The zero-order valence-electron chi connectivity index (χ0n) is 14.7. The van der Waals surface area contributed by atoms with E-state index in [-0.39, 0.29) is 24.7 Å². The molecule has 0 aliphatic heterocycles. The number of amides is 1. The van der Waals surface area contributed by atoms with Gasteiger partial charge in [0.2, 0.25) is 21.7 Å². The van der Waals surface area contributed by atoms with Crippen LogP contribution in [0.1, 0.15) is 17.0 Å². The fraction of sp³-hybridized carbons (Fsp3) is 0.267. The Morgan fingerprint density at radius 2 is 1.89 bits per heavy atom. The summed E-state index contributed by atoms with van der Waals surface area (Å²) in [5, 5.41) is 17.2. The van der Waals surface area contributed by atoms with Gasteiger partial charge >= 0.3 is 0 Å². The van der Waals surface area contributed by atoms with E-state index in [0.717, 1.165) is 16.4 Å². The van der Waals surface area contributed by atoms with E-state index in [1.165, 1.54) is 6.92 Å². The number of rotatable bonds is 7. The highest BCUT2D eigenvalue weighted by molar-refractivity contribution is 7.92. The first-order valence-corrected chi connectivity index (χ1v) is 9.58. The lowest BCUT2D eigenvalue weighted by molar-refractivity contribution is -0.121. The van der Waals surface area contributed by atoms with Crippen molar-refractivity contribution in [1.29, 1.82) is 5.41 Å². The first kappa shape index (κ1) is 20.0. The summed E-state index contributed by atoms with van der Waals surface area (Å²) in [6, 6.07) is 6.76. The van der Waals surface area contributed by atoms with Crippen molar-refractivity contribution in [2.75, 3.05) is 11.0 Å². The zero-order valence-corrected chi connectivity index (χ0v) is 15.5. The molecule has 0 atom stereocenters. The van der Waals surface area contributed by atoms with Gasteiger partial charge in [0.1, 0.15) is 18.2 Å². The second-order valence-corrected chi connectivity index (χ2v) is 7.50. The van der Waals surface area contributed by atoms with Crippen molar-refractivity contribution in [2.24, 2.45) is 5.73 Å². The number of amidine groups is 1. The maximum atomic E-state index is 12.3. The number of benzene rings is 1. The molecule has 2 rings (SSSR count). The fourth-order valence-electron chi connectivity index (χ4n) is 2.12. The van der Waals surface area contributed by atoms with Crippen LogP contribution >= 0.6 is 0 Å². The van der Waals surface area contributed by atoms with E-state index in [2.05, 4.69) is 15.5 Å². The Kier molecular flexibility index (Phi) is 5.90. The van der Waals surface area contributed by atoms with Gasteiger partial charge in [0.25, 0.3) is 5.56 Å². The van der Waals surface area contributed by atoms with E-state index < -0.39 is 27.3 Å². The summed E-state index contributed by atoms with van der Waals surface area (Å²) < 4.78 is 25.5.